The van der Waals surface area contributed by atoms with Crippen LogP contribution in [0.5, 0.6) is 0 Å². The zero-order valence-electron chi connectivity index (χ0n) is 10.3. The molecule has 3 heteroatoms. The fourth-order valence-electron chi connectivity index (χ4n) is 2.11. The van der Waals surface area contributed by atoms with Gasteiger partial charge in [-0.3, -0.25) is 4.98 Å². The number of para-hydroxylation sites is 1. The third kappa shape index (κ3) is 2.55. The van der Waals surface area contributed by atoms with E-state index in [9.17, 15) is 4.39 Å². The maximum atomic E-state index is 13.1. The van der Waals surface area contributed by atoms with Crippen molar-refractivity contribution < 1.29 is 4.39 Å². The lowest BCUT2D eigenvalue weighted by molar-refractivity contribution is 0.628. The van der Waals surface area contributed by atoms with Crippen molar-refractivity contribution in [1.29, 1.82) is 0 Å². The highest BCUT2D eigenvalue weighted by atomic mass is 19.1. The van der Waals surface area contributed by atoms with Gasteiger partial charge in [0.1, 0.15) is 5.82 Å². The van der Waals surface area contributed by atoms with Crippen molar-refractivity contribution in [2.24, 2.45) is 0 Å². The molecule has 19 heavy (non-hydrogen) atoms. The number of nitrogens with zero attached hydrogens (tertiary/aromatic N) is 1. The predicted molar refractivity (Wildman–Crippen MR) is 75.5 cm³/mol. The molecule has 2 nitrogen and oxygen atoms in total. The van der Waals surface area contributed by atoms with Crippen LogP contribution >= 0.6 is 0 Å². The first-order valence-corrected chi connectivity index (χ1v) is 6.15. The molecule has 1 aromatic heterocycles. The molecule has 0 aliphatic carbocycles. The molecule has 0 saturated heterocycles. The molecule has 0 radical (unpaired) electrons. The number of nitrogens with one attached hydrogen (secondary N) is 1. The average Bonchev–Trinajstić information content (AvgIpc) is 2.45. The zero-order chi connectivity index (χ0) is 13.1. The standard InChI is InChI=1S/C16H13FN2/c17-14-7-2-8-15(10-14)19-11-13-5-1-4-12-6-3-9-18-16(12)13/h1-10,19H,11H2. The molecular weight excluding hydrogens is 239 g/mol. The Hall–Kier alpha value is -2.42. The van der Waals surface area contributed by atoms with Crippen molar-refractivity contribution in [3.8, 4) is 0 Å². The molecule has 3 aromatic rings. The van der Waals surface area contributed by atoms with E-state index in [1.54, 1.807) is 12.3 Å². The van der Waals surface area contributed by atoms with Gasteiger partial charge in [0.25, 0.3) is 0 Å². The van der Waals surface area contributed by atoms with E-state index in [2.05, 4.69) is 10.3 Å². The molecule has 2 aromatic carbocycles. The molecule has 0 fully saturated rings. The molecule has 0 aliphatic heterocycles. The monoisotopic (exact) mass is 252 g/mol. The molecule has 0 atom stereocenters. The Morgan fingerprint density at radius 2 is 1.84 bits per heavy atom. The Kier molecular flexibility index (Phi) is 3.11. The molecule has 3 rings (SSSR count). The van der Waals surface area contributed by atoms with E-state index in [4.69, 9.17) is 0 Å². The minimum atomic E-state index is -0.235. The number of hydrogen-bond donors (Lipinski definition) is 1. The van der Waals surface area contributed by atoms with Crippen LogP contribution in [-0.4, -0.2) is 4.98 Å². The van der Waals surface area contributed by atoms with Gasteiger partial charge in [0.2, 0.25) is 0 Å². The summed E-state index contributed by atoms with van der Waals surface area (Å²) in [5.41, 5.74) is 2.85. The molecule has 0 bridgehead atoms. The normalized spacial score (nSPS) is 10.6. The minimum absolute atomic E-state index is 0.235. The number of rotatable bonds is 3. The first-order chi connectivity index (χ1) is 9.33. The van der Waals surface area contributed by atoms with Gasteiger partial charge in [-0.25, -0.2) is 4.39 Å². The van der Waals surface area contributed by atoms with Gasteiger partial charge in [0, 0.05) is 23.8 Å². The second-order valence-electron chi connectivity index (χ2n) is 4.36. The Bertz CT molecular complexity index is 704. The highest BCUT2D eigenvalue weighted by Gasteiger charge is 2.01. The fourth-order valence-corrected chi connectivity index (χ4v) is 2.11. The molecule has 0 amide bonds. The maximum Gasteiger partial charge on any atom is 0.125 e. The minimum Gasteiger partial charge on any atom is -0.381 e. The summed E-state index contributed by atoms with van der Waals surface area (Å²) in [5.74, 6) is -0.235. The summed E-state index contributed by atoms with van der Waals surface area (Å²) in [6, 6.07) is 16.5. The smallest absolute Gasteiger partial charge is 0.125 e. The van der Waals surface area contributed by atoms with Gasteiger partial charge in [0.15, 0.2) is 0 Å². The molecule has 1 N–H and O–H groups in total. The van der Waals surface area contributed by atoms with Crippen LogP contribution in [0.15, 0.2) is 60.8 Å². The van der Waals surface area contributed by atoms with E-state index in [0.29, 0.717) is 6.54 Å². The molecule has 1 heterocycles. The second-order valence-corrected chi connectivity index (χ2v) is 4.36. The van der Waals surface area contributed by atoms with E-state index in [-0.39, 0.29) is 5.82 Å². The van der Waals surface area contributed by atoms with Gasteiger partial charge in [-0.15, -0.1) is 0 Å². The van der Waals surface area contributed by atoms with E-state index in [0.717, 1.165) is 22.2 Å². The number of halogens is 1. The van der Waals surface area contributed by atoms with Gasteiger partial charge in [0.05, 0.1) is 5.52 Å². The topological polar surface area (TPSA) is 24.9 Å². The van der Waals surface area contributed by atoms with Gasteiger partial charge < -0.3 is 5.32 Å². The summed E-state index contributed by atoms with van der Waals surface area (Å²) in [6.07, 6.45) is 1.79. The van der Waals surface area contributed by atoms with Gasteiger partial charge in [-0.2, -0.15) is 0 Å². The van der Waals surface area contributed by atoms with Crippen molar-refractivity contribution in [2.45, 2.75) is 6.54 Å². The Morgan fingerprint density at radius 1 is 1.00 bits per heavy atom. The summed E-state index contributed by atoms with van der Waals surface area (Å²) in [6.45, 7) is 0.623. The SMILES string of the molecule is Fc1cccc(NCc2cccc3cccnc23)c1. The van der Waals surface area contributed by atoms with Crippen LogP contribution in [0.3, 0.4) is 0 Å². The van der Waals surface area contributed by atoms with E-state index in [1.165, 1.54) is 12.1 Å². The average molecular weight is 252 g/mol. The molecule has 0 aliphatic rings. The van der Waals surface area contributed by atoms with E-state index in [1.807, 2.05) is 36.4 Å². The number of pyridine rings is 1. The lowest BCUT2D eigenvalue weighted by atomic mass is 10.1. The molecule has 94 valence electrons. The van der Waals surface area contributed by atoms with Crippen molar-refractivity contribution in [3.63, 3.8) is 0 Å². The summed E-state index contributed by atoms with van der Waals surface area (Å²) in [4.78, 5) is 4.40. The van der Waals surface area contributed by atoms with E-state index >= 15 is 0 Å². The van der Waals surface area contributed by atoms with Crippen molar-refractivity contribution >= 4 is 16.6 Å². The van der Waals surface area contributed by atoms with Crippen LogP contribution in [0.4, 0.5) is 10.1 Å². The third-order valence-electron chi connectivity index (χ3n) is 3.02. The number of aromatic nitrogens is 1. The first kappa shape index (κ1) is 11.7. The van der Waals surface area contributed by atoms with Crippen LogP contribution in [0, 0.1) is 5.82 Å². The quantitative estimate of drug-likeness (QED) is 0.762. The van der Waals surface area contributed by atoms with Crippen LogP contribution in [0.1, 0.15) is 5.56 Å². The van der Waals surface area contributed by atoms with Crippen molar-refractivity contribution in [3.05, 3.63) is 72.2 Å². The van der Waals surface area contributed by atoms with Gasteiger partial charge in [-0.1, -0.05) is 30.3 Å². The third-order valence-corrected chi connectivity index (χ3v) is 3.02. The van der Waals surface area contributed by atoms with E-state index < -0.39 is 0 Å². The number of hydrogen-bond acceptors (Lipinski definition) is 2. The highest BCUT2D eigenvalue weighted by Crippen LogP contribution is 2.17. The fraction of sp³-hybridized carbons (Fsp3) is 0.0625. The Morgan fingerprint density at radius 3 is 2.74 bits per heavy atom. The van der Waals surface area contributed by atoms with Crippen molar-refractivity contribution in [2.75, 3.05) is 5.32 Å². The molecule has 0 unspecified atom stereocenters. The molecular formula is C16H13FN2. The number of benzene rings is 2. The lowest BCUT2D eigenvalue weighted by Gasteiger charge is -2.08. The first-order valence-electron chi connectivity index (χ1n) is 6.15. The Labute approximate surface area is 110 Å². The zero-order valence-corrected chi connectivity index (χ0v) is 10.3. The molecule has 0 spiro atoms. The van der Waals surface area contributed by atoms with Gasteiger partial charge >= 0.3 is 0 Å². The molecule has 0 saturated carbocycles. The van der Waals surface area contributed by atoms with Crippen LogP contribution in [-0.2, 0) is 6.54 Å². The number of anilines is 1. The summed E-state index contributed by atoms with van der Waals surface area (Å²) >= 11 is 0. The largest absolute Gasteiger partial charge is 0.381 e. The van der Waals surface area contributed by atoms with Crippen molar-refractivity contribution in [1.82, 2.24) is 4.98 Å². The maximum absolute atomic E-state index is 13.1. The van der Waals surface area contributed by atoms with Crippen LogP contribution in [0.25, 0.3) is 10.9 Å². The summed E-state index contributed by atoms with van der Waals surface area (Å²) in [7, 11) is 0. The van der Waals surface area contributed by atoms with Gasteiger partial charge in [-0.05, 0) is 29.8 Å². The summed E-state index contributed by atoms with van der Waals surface area (Å²) in [5, 5.41) is 4.33. The Balaban J connectivity index is 1.86. The van der Waals surface area contributed by atoms with Crippen LogP contribution < -0.4 is 5.32 Å². The predicted octanol–water partition coefficient (Wildman–Crippen LogP) is 3.99. The van der Waals surface area contributed by atoms with Crippen LogP contribution in [0.2, 0.25) is 0 Å². The second kappa shape index (κ2) is 5.06. The summed E-state index contributed by atoms with van der Waals surface area (Å²) < 4.78 is 13.1. The highest BCUT2D eigenvalue weighted by molar-refractivity contribution is 5.81. The lowest BCUT2D eigenvalue weighted by Crippen LogP contribution is -2.01. The number of fused-ring (bicyclic) bond motifs is 1.